The van der Waals surface area contributed by atoms with E-state index in [-0.39, 0.29) is 18.5 Å². The maximum Gasteiger partial charge on any atom is 0.325 e. The minimum absolute atomic E-state index is 0.141. The van der Waals surface area contributed by atoms with Gasteiger partial charge in [0.25, 0.3) is 11.8 Å². The van der Waals surface area contributed by atoms with Crippen LogP contribution in [0.3, 0.4) is 0 Å². The van der Waals surface area contributed by atoms with Crippen molar-refractivity contribution < 1.29 is 23.9 Å². The van der Waals surface area contributed by atoms with Crippen LogP contribution in [0.15, 0.2) is 42.5 Å². The first kappa shape index (κ1) is 23.4. The summed E-state index contributed by atoms with van der Waals surface area (Å²) in [5, 5.41) is 11.3. The summed E-state index contributed by atoms with van der Waals surface area (Å²) in [6.07, 6.45) is 0.141. The zero-order chi connectivity index (χ0) is 22.8. The van der Waals surface area contributed by atoms with Crippen LogP contribution in [0.1, 0.15) is 27.9 Å². The molecule has 2 rings (SSSR count). The van der Waals surface area contributed by atoms with E-state index >= 15 is 0 Å². The fraction of sp³-hybridized carbons (Fsp3) is 0.304. The summed E-state index contributed by atoms with van der Waals surface area (Å²) >= 11 is 0. The second kappa shape index (κ2) is 11.4. The van der Waals surface area contributed by atoms with Crippen LogP contribution in [-0.2, 0) is 14.3 Å². The molecule has 2 aromatic carbocycles. The molecular formula is C23H25N3O5. The SMILES string of the molecule is COc1ccccc1C(=O)NCC(=O)OCC(=O)N(CCC#N)c1cc(C)cc(C)c1. The molecule has 0 aliphatic carbocycles. The molecule has 0 saturated carbocycles. The number of carbonyl (C=O) groups is 3. The van der Waals surface area contributed by atoms with Crippen molar-refractivity contribution in [2.45, 2.75) is 20.3 Å². The molecule has 0 bridgehead atoms. The summed E-state index contributed by atoms with van der Waals surface area (Å²) < 4.78 is 10.2. The van der Waals surface area contributed by atoms with Crippen molar-refractivity contribution in [1.82, 2.24) is 5.32 Å². The van der Waals surface area contributed by atoms with Gasteiger partial charge in [0, 0.05) is 12.2 Å². The highest BCUT2D eigenvalue weighted by atomic mass is 16.5. The highest BCUT2D eigenvalue weighted by Crippen LogP contribution is 2.20. The number of ether oxygens (including phenoxy) is 2. The molecule has 2 aromatic rings. The van der Waals surface area contributed by atoms with Crippen LogP contribution in [-0.4, -0.2) is 44.6 Å². The first-order chi connectivity index (χ1) is 14.8. The number of anilines is 1. The summed E-state index contributed by atoms with van der Waals surface area (Å²) in [6.45, 7) is 3.11. The predicted octanol–water partition coefficient (Wildman–Crippen LogP) is 2.53. The Balaban J connectivity index is 1.94. The molecule has 0 spiro atoms. The zero-order valence-corrected chi connectivity index (χ0v) is 17.8. The molecule has 0 heterocycles. The van der Waals surface area contributed by atoms with Gasteiger partial charge in [-0.15, -0.1) is 0 Å². The van der Waals surface area contributed by atoms with E-state index in [1.165, 1.54) is 12.0 Å². The molecule has 0 saturated heterocycles. The van der Waals surface area contributed by atoms with Gasteiger partial charge in [0.05, 0.1) is 25.2 Å². The summed E-state index contributed by atoms with van der Waals surface area (Å²) in [4.78, 5) is 38.3. The number of nitrogens with zero attached hydrogens (tertiary/aromatic N) is 2. The van der Waals surface area contributed by atoms with Gasteiger partial charge in [-0.05, 0) is 49.2 Å². The van der Waals surface area contributed by atoms with E-state index in [2.05, 4.69) is 5.32 Å². The van der Waals surface area contributed by atoms with Crippen molar-refractivity contribution in [1.29, 1.82) is 5.26 Å². The molecule has 0 aliphatic rings. The normalized spacial score (nSPS) is 10.0. The Morgan fingerprint density at radius 2 is 1.77 bits per heavy atom. The molecule has 8 heteroatoms. The summed E-state index contributed by atoms with van der Waals surface area (Å²) in [6, 6.07) is 14.3. The fourth-order valence-corrected chi connectivity index (χ4v) is 3.02. The van der Waals surface area contributed by atoms with Crippen LogP contribution in [0.4, 0.5) is 5.69 Å². The molecule has 0 radical (unpaired) electrons. The Hall–Kier alpha value is -3.86. The van der Waals surface area contributed by atoms with Crippen LogP contribution >= 0.6 is 0 Å². The number of rotatable bonds is 9. The lowest BCUT2D eigenvalue weighted by Crippen LogP contribution is -2.37. The standard InChI is InChI=1S/C23H25N3O5/c1-16-11-17(2)13-18(12-16)26(10-6-9-24)21(27)15-31-22(28)14-25-23(29)19-7-4-5-8-20(19)30-3/h4-5,7-8,11-13H,6,10,14-15H2,1-3H3,(H,25,29). The lowest BCUT2D eigenvalue weighted by Gasteiger charge is -2.22. The minimum Gasteiger partial charge on any atom is -0.496 e. The lowest BCUT2D eigenvalue weighted by atomic mass is 10.1. The highest BCUT2D eigenvalue weighted by Gasteiger charge is 2.19. The van der Waals surface area contributed by atoms with Crippen LogP contribution < -0.4 is 15.0 Å². The van der Waals surface area contributed by atoms with Crippen LogP contribution in [0.2, 0.25) is 0 Å². The second-order valence-electron chi connectivity index (χ2n) is 6.84. The number of esters is 1. The van der Waals surface area contributed by atoms with Gasteiger partial charge in [-0.25, -0.2) is 0 Å². The average molecular weight is 423 g/mol. The number of aryl methyl sites for hydroxylation is 2. The zero-order valence-electron chi connectivity index (χ0n) is 17.8. The van der Waals surface area contributed by atoms with Crippen LogP contribution in [0.5, 0.6) is 5.75 Å². The third kappa shape index (κ3) is 6.85. The topological polar surface area (TPSA) is 109 Å². The van der Waals surface area contributed by atoms with Gasteiger partial charge >= 0.3 is 5.97 Å². The van der Waals surface area contributed by atoms with E-state index in [9.17, 15) is 14.4 Å². The Bertz CT molecular complexity index is 977. The molecule has 162 valence electrons. The number of hydrogen-bond donors (Lipinski definition) is 1. The van der Waals surface area contributed by atoms with Gasteiger partial charge in [0.2, 0.25) is 0 Å². The smallest absolute Gasteiger partial charge is 0.325 e. The van der Waals surface area contributed by atoms with Gasteiger partial charge in [0.1, 0.15) is 12.3 Å². The Morgan fingerprint density at radius 3 is 2.42 bits per heavy atom. The van der Waals surface area contributed by atoms with Gasteiger partial charge in [-0.1, -0.05) is 18.2 Å². The molecule has 0 unspecified atom stereocenters. The van der Waals surface area contributed by atoms with Crippen molar-refractivity contribution in [3.05, 3.63) is 59.2 Å². The first-order valence-electron chi connectivity index (χ1n) is 9.68. The summed E-state index contributed by atoms with van der Waals surface area (Å²) in [7, 11) is 1.44. The molecule has 1 N–H and O–H groups in total. The molecule has 8 nitrogen and oxygen atoms in total. The van der Waals surface area contributed by atoms with Crippen molar-refractivity contribution >= 4 is 23.5 Å². The number of benzene rings is 2. The molecule has 0 fully saturated rings. The quantitative estimate of drug-likeness (QED) is 0.621. The van der Waals surface area contributed by atoms with Gasteiger partial charge in [0.15, 0.2) is 6.61 Å². The Kier molecular flexibility index (Phi) is 8.58. The van der Waals surface area contributed by atoms with E-state index in [1.54, 1.807) is 24.3 Å². The number of hydrogen-bond acceptors (Lipinski definition) is 6. The molecule has 0 aliphatic heterocycles. The van der Waals surface area contributed by atoms with Crippen molar-refractivity contribution in [3.8, 4) is 11.8 Å². The van der Waals surface area contributed by atoms with Crippen molar-refractivity contribution in [3.63, 3.8) is 0 Å². The van der Waals surface area contributed by atoms with E-state index in [0.717, 1.165) is 11.1 Å². The monoisotopic (exact) mass is 423 g/mol. The van der Waals surface area contributed by atoms with Crippen molar-refractivity contribution in [2.24, 2.45) is 0 Å². The van der Waals surface area contributed by atoms with Crippen molar-refractivity contribution in [2.75, 3.05) is 31.7 Å². The second-order valence-corrected chi connectivity index (χ2v) is 6.84. The van der Waals surface area contributed by atoms with Gasteiger partial charge < -0.3 is 19.7 Å². The molecule has 2 amide bonds. The van der Waals surface area contributed by atoms with Gasteiger partial charge in [-0.3, -0.25) is 14.4 Å². The van der Waals surface area contributed by atoms with Crippen LogP contribution in [0, 0.1) is 25.2 Å². The van der Waals surface area contributed by atoms with Gasteiger partial charge in [-0.2, -0.15) is 5.26 Å². The van der Waals surface area contributed by atoms with E-state index in [4.69, 9.17) is 14.7 Å². The highest BCUT2D eigenvalue weighted by molar-refractivity contribution is 5.99. The fourth-order valence-electron chi connectivity index (χ4n) is 3.02. The Morgan fingerprint density at radius 1 is 1.10 bits per heavy atom. The number of nitrogens with one attached hydrogen (secondary N) is 1. The van der Waals surface area contributed by atoms with Crippen LogP contribution in [0.25, 0.3) is 0 Å². The first-order valence-corrected chi connectivity index (χ1v) is 9.68. The molecule has 0 aromatic heterocycles. The van der Waals surface area contributed by atoms with E-state index in [1.807, 2.05) is 38.1 Å². The number of methoxy groups -OCH3 is 1. The molecule has 0 atom stereocenters. The molecular weight excluding hydrogens is 398 g/mol. The molecule has 31 heavy (non-hydrogen) atoms. The number of nitriles is 1. The lowest BCUT2D eigenvalue weighted by molar-refractivity contribution is -0.146. The predicted molar refractivity (Wildman–Crippen MR) is 115 cm³/mol. The summed E-state index contributed by atoms with van der Waals surface area (Å²) in [5.74, 6) is -1.32. The Labute approximate surface area is 181 Å². The third-order valence-electron chi connectivity index (χ3n) is 4.37. The van der Waals surface area contributed by atoms with E-state index < -0.39 is 30.9 Å². The van der Waals surface area contributed by atoms with E-state index in [0.29, 0.717) is 11.4 Å². The number of amides is 2. The third-order valence-corrected chi connectivity index (χ3v) is 4.37. The number of para-hydroxylation sites is 1. The maximum atomic E-state index is 12.7. The summed E-state index contributed by atoms with van der Waals surface area (Å²) in [5.41, 5.74) is 2.87. The largest absolute Gasteiger partial charge is 0.496 e. The maximum absolute atomic E-state index is 12.7. The average Bonchev–Trinajstić information content (AvgIpc) is 2.75. The minimum atomic E-state index is -0.753. The number of carbonyl (C=O) groups excluding carboxylic acids is 3.